The predicted molar refractivity (Wildman–Crippen MR) is 160 cm³/mol. The minimum absolute atomic E-state index is 0.0454. The van der Waals surface area contributed by atoms with Crippen molar-refractivity contribution >= 4 is 39.1 Å². The lowest BCUT2D eigenvalue weighted by atomic mass is 10.1. The predicted octanol–water partition coefficient (Wildman–Crippen LogP) is 5.02. The number of carbonyl (C=O) groups is 2. The van der Waals surface area contributed by atoms with Crippen molar-refractivity contribution in [3.8, 4) is 11.5 Å². The first-order chi connectivity index (χ1) is 19.9. The van der Waals surface area contributed by atoms with E-state index in [-0.39, 0.29) is 41.2 Å². The van der Waals surface area contributed by atoms with E-state index in [9.17, 15) is 22.4 Å². The number of hydrogen-bond donors (Lipinski definition) is 1. The molecule has 3 aromatic carbocycles. The molecule has 0 saturated carbocycles. The third kappa shape index (κ3) is 7.71. The van der Waals surface area contributed by atoms with Crippen LogP contribution in [-0.4, -0.2) is 58.0 Å². The van der Waals surface area contributed by atoms with Crippen LogP contribution in [0.1, 0.15) is 32.8 Å². The fourth-order valence-electron chi connectivity index (χ4n) is 4.35. The van der Waals surface area contributed by atoms with Crippen LogP contribution in [0.2, 0.25) is 5.02 Å². The second-order valence-electron chi connectivity index (χ2n) is 9.71. The van der Waals surface area contributed by atoms with E-state index in [1.165, 1.54) is 49.5 Å². The average molecular weight is 620 g/mol. The Balaban J connectivity index is 2.11. The Morgan fingerprint density at radius 3 is 2.19 bits per heavy atom. The Labute approximate surface area is 251 Å². The van der Waals surface area contributed by atoms with Crippen LogP contribution in [-0.2, 0) is 26.2 Å². The molecule has 9 nitrogen and oxygen atoms in total. The number of methoxy groups -OCH3 is 2. The Hall–Kier alpha value is -3.83. The highest BCUT2D eigenvalue weighted by Crippen LogP contribution is 2.32. The molecule has 0 aliphatic carbocycles. The Morgan fingerprint density at radius 2 is 1.62 bits per heavy atom. The summed E-state index contributed by atoms with van der Waals surface area (Å²) in [7, 11) is -1.62. The summed E-state index contributed by atoms with van der Waals surface area (Å²) in [6.45, 7) is 4.64. The number of benzene rings is 3. The molecule has 0 aliphatic rings. The monoisotopic (exact) mass is 619 g/mol. The maximum Gasteiger partial charge on any atom is 0.264 e. The van der Waals surface area contributed by atoms with Gasteiger partial charge in [-0.1, -0.05) is 36.7 Å². The highest BCUT2D eigenvalue weighted by atomic mass is 35.5. The van der Waals surface area contributed by atoms with E-state index in [1.54, 1.807) is 45.0 Å². The molecule has 3 rings (SSSR count). The summed E-state index contributed by atoms with van der Waals surface area (Å²) in [5, 5.41) is 3.23. The number of ether oxygens (including phenoxy) is 2. The van der Waals surface area contributed by atoms with Gasteiger partial charge in [0.05, 0.1) is 24.8 Å². The Kier molecular flexibility index (Phi) is 11.2. The van der Waals surface area contributed by atoms with Gasteiger partial charge in [0.25, 0.3) is 10.0 Å². The molecule has 0 radical (unpaired) electrons. The Morgan fingerprint density at radius 1 is 0.976 bits per heavy atom. The highest BCUT2D eigenvalue weighted by Gasteiger charge is 2.34. The molecule has 2 amide bonds. The smallest absolute Gasteiger partial charge is 0.264 e. The fraction of sp³-hybridized carbons (Fsp3) is 0.333. The van der Waals surface area contributed by atoms with Gasteiger partial charge >= 0.3 is 0 Å². The van der Waals surface area contributed by atoms with Crippen molar-refractivity contribution in [1.29, 1.82) is 0 Å². The van der Waals surface area contributed by atoms with Gasteiger partial charge in [-0.25, -0.2) is 12.8 Å². The third-order valence-corrected chi connectivity index (χ3v) is 8.59. The number of rotatable bonds is 13. The van der Waals surface area contributed by atoms with Gasteiger partial charge in [-0.15, -0.1) is 0 Å². The lowest BCUT2D eigenvalue weighted by molar-refractivity contribution is -0.140. The van der Waals surface area contributed by atoms with Crippen LogP contribution < -0.4 is 19.1 Å². The number of sulfonamides is 1. The van der Waals surface area contributed by atoms with Gasteiger partial charge in [-0.2, -0.15) is 0 Å². The summed E-state index contributed by atoms with van der Waals surface area (Å²) in [6, 6.07) is 14.6. The second kappa shape index (κ2) is 14.4. The molecule has 12 heteroatoms. The number of amides is 2. The number of carbonyl (C=O) groups excluding carboxylic acids is 2. The number of nitrogens with zero attached hydrogens (tertiary/aromatic N) is 2. The number of nitrogens with one attached hydrogen (secondary N) is 1. The molecule has 0 unspecified atom stereocenters. The molecule has 0 spiro atoms. The maximum absolute atomic E-state index is 14.1. The van der Waals surface area contributed by atoms with Crippen molar-refractivity contribution in [2.45, 2.75) is 50.7 Å². The van der Waals surface area contributed by atoms with Crippen molar-refractivity contribution in [3.05, 3.63) is 83.1 Å². The molecule has 42 heavy (non-hydrogen) atoms. The van der Waals surface area contributed by atoms with Crippen LogP contribution in [0.15, 0.2) is 71.6 Å². The summed E-state index contributed by atoms with van der Waals surface area (Å²) >= 11 is 6.40. The van der Waals surface area contributed by atoms with Crippen molar-refractivity contribution in [1.82, 2.24) is 10.2 Å². The minimum atomic E-state index is -4.40. The summed E-state index contributed by atoms with van der Waals surface area (Å²) in [5.74, 6) is -1.14. The minimum Gasteiger partial charge on any atom is -0.493 e. The molecular weight excluding hydrogens is 585 g/mol. The van der Waals surface area contributed by atoms with Crippen molar-refractivity contribution in [2.75, 3.05) is 25.1 Å². The molecular formula is C30H35ClFN3O6S. The lowest BCUT2D eigenvalue weighted by Gasteiger charge is -2.33. The first kappa shape index (κ1) is 32.7. The lowest BCUT2D eigenvalue weighted by Crippen LogP contribution is -2.53. The zero-order valence-corrected chi connectivity index (χ0v) is 25.7. The van der Waals surface area contributed by atoms with Crippen molar-refractivity contribution in [3.63, 3.8) is 0 Å². The van der Waals surface area contributed by atoms with E-state index in [2.05, 4.69) is 5.32 Å². The van der Waals surface area contributed by atoms with Gasteiger partial charge in [0.2, 0.25) is 11.8 Å². The number of hydrogen-bond acceptors (Lipinski definition) is 6. The van der Waals surface area contributed by atoms with E-state index in [1.807, 2.05) is 0 Å². The first-order valence-corrected chi connectivity index (χ1v) is 15.1. The topological polar surface area (TPSA) is 105 Å². The zero-order valence-electron chi connectivity index (χ0n) is 24.1. The SMILES string of the molecule is CC[C@H](C(=O)NC(C)C)N(Cc1ccccc1Cl)C(=O)CN(c1ccc(F)cc1)S(=O)(=O)c1ccc(OC)c(OC)c1. The zero-order chi connectivity index (χ0) is 31.0. The largest absolute Gasteiger partial charge is 0.493 e. The van der Waals surface area contributed by atoms with E-state index in [0.717, 1.165) is 16.4 Å². The molecule has 0 heterocycles. The van der Waals surface area contributed by atoms with Crippen molar-refractivity contribution in [2.24, 2.45) is 0 Å². The molecule has 0 bridgehead atoms. The molecule has 1 atom stereocenters. The first-order valence-electron chi connectivity index (χ1n) is 13.3. The molecule has 226 valence electrons. The quantitative estimate of drug-likeness (QED) is 0.288. The molecule has 3 aromatic rings. The van der Waals surface area contributed by atoms with E-state index in [0.29, 0.717) is 16.3 Å². The van der Waals surface area contributed by atoms with Gasteiger partial charge in [0.1, 0.15) is 18.4 Å². The molecule has 0 aromatic heterocycles. The normalized spacial score (nSPS) is 12.0. The van der Waals surface area contributed by atoms with E-state index < -0.39 is 34.3 Å². The average Bonchev–Trinajstić information content (AvgIpc) is 2.96. The van der Waals surface area contributed by atoms with Crippen LogP contribution in [0, 0.1) is 5.82 Å². The number of anilines is 1. The van der Waals surface area contributed by atoms with Crippen LogP contribution in [0.3, 0.4) is 0 Å². The van der Waals surface area contributed by atoms with Gasteiger partial charge in [-0.05, 0) is 68.3 Å². The van der Waals surface area contributed by atoms with Gasteiger partial charge in [0.15, 0.2) is 11.5 Å². The van der Waals surface area contributed by atoms with Crippen LogP contribution >= 0.6 is 11.6 Å². The van der Waals surface area contributed by atoms with Crippen molar-refractivity contribution < 1.29 is 31.9 Å². The van der Waals surface area contributed by atoms with Crippen LogP contribution in [0.25, 0.3) is 0 Å². The van der Waals surface area contributed by atoms with Gasteiger partial charge in [0, 0.05) is 23.7 Å². The number of halogens is 2. The second-order valence-corrected chi connectivity index (χ2v) is 12.0. The highest BCUT2D eigenvalue weighted by molar-refractivity contribution is 7.92. The fourth-order valence-corrected chi connectivity index (χ4v) is 5.98. The van der Waals surface area contributed by atoms with Gasteiger partial charge < -0.3 is 19.7 Å². The van der Waals surface area contributed by atoms with Gasteiger partial charge in [-0.3, -0.25) is 13.9 Å². The van der Waals surface area contributed by atoms with E-state index >= 15 is 0 Å². The Bertz CT molecular complexity index is 1500. The molecule has 1 N–H and O–H groups in total. The summed E-state index contributed by atoms with van der Waals surface area (Å²) in [6.07, 6.45) is 0.258. The maximum atomic E-state index is 14.1. The van der Waals surface area contributed by atoms with E-state index in [4.69, 9.17) is 21.1 Å². The van der Waals surface area contributed by atoms with Crippen LogP contribution in [0.5, 0.6) is 11.5 Å². The third-order valence-electron chi connectivity index (χ3n) is 6.45. The summed E-state index contributed by atoms with van der Waals surface area (Å²) in [5.41, 5.74) is 0.635. The summed E-state index contributed by atoms with van der Waals surface area (Å²) < 4.78 is 53.3. The molecule has 0 aliphatic heterocycles. The standard InChI is InChI=1S/C30H35ClFN3O6S/c1-6-26(30(37)33-20(2)3)34(18-21-9-7-8-10-25(21)31)29(36)19-35(23-13-11-22(32)12-14-23)42(38,39)24-15-16-27(40-4)28(17-24)41-5/h7-17,20,26H,6,18-19H2,1-5H3,(H,33,37)/t26-/m1/s1. The van der Waals surface area contributed by atoms with Crippen LogP contribution in [0.4, 0.5) is 10.1 Å². The summed E-state index contributed by atoms with van der Waals surface area (Å²) in [4.78, 5) is 28.4. The molecule has 0 fully saturated rings. The molecule has 0 saturated heterocycles.